The molecule has 0 amide bonds. The molecule has 0 atom stereocenters. The first-order valence-electron chi connectivity index (χ1n) is 8.87. The lowest BCUT2D eigenvalue weighted by Crippen LogP contribution is -2.58. The van der Waals surface area contributed by atoms with Crippen molar-refractivity contribution in [3.05, 3.63) is 79.0 Å². The van der Waals surface area contributed by atoms with Gasteiger partial charge in [0.05, 0.1) is 5.52 Å². The molecule has 0 bridgehead atoms. The summed E-state index contributed by atoms with van der Waals surface area (Å²) in [7, 11) is -1.76. The first-order valence-corrected chi connectivity index (χ1v) is 11.9. The highest BCUT2D eigenvalue weighted by Crippen LogP contribution is 2.36. The Labute approximate surface area is 154 Å². The zero-order valence-electron chi connectivity index (χ0n) is 14.8. The standard InChI is InChI=1S/C22H19N3Si/c1-26(2)20-13-7-5-11-18(20)25(19-12-6-8-14-21(19)26)22-23-15-16-9-3-4-10-17(16)24-22/h3-15H,1-2H3. The fourth-order valence-corrected chi connectivity index (χ4v) is 6.94. The van der Waals surface area contributed by atoms with Crippen LogP contribution in [0.3, 0.4) is 0 Å². The lowest BCUT2D eigenvalue weighted by Gasteiger charge is -2.39. The molecule has 4 aromatic rings. The van der Waals surface area contributed by atoms with Crippen LogP contribution in [0.2, 0.25) is 13.1 Å². The molecule has 4 heteroatoms. The van der Waals surface area contributed by atoms with E-state index >= 15 is 0 Å². The number of hydrogen-bond donors (Lipinski definition) is 0. The summed E-state index contributed by atoms with van der Waals surface area (Å²) in [6.07, 6.45) is 1.92. The number of fused-ring (bicyclic) bond motifs is 3. The van der Waals surface area contributed by atoms with Crippen LogP contribution >= 0.6 is 0 Å². The second-order valence-electron chi connectivity index (χ2n) is 7.22. The quantitative estimate of drug-likeness (QED) is 0.479. The van der Waals surface area contributed by atoms with Gasteiger partial charge in [0.2, 0.25) is 5.95 Å². The van der Waals surface area contributed by atoms with Gasteiger partial charge in [-0.2, -0.15) is 0 Å². The van der Waals surface area contributed by atoms with Crippen LogP contribution in [0.15, 0.2) is 79.0 Å². The van der Waals surface area contributed by atoms with Crippen LogP contribution in [0, 0.1) is 0 Å². The maximum Gasteiger partial charge on any atom is 0.235 e. The van der Waals surface area contributed by atoms with Crippen LogP contribution in [-0.4, -0.2) is 18.0 Å². The molecule has 1 aliphatic rings. The Hall–Kier alpha value is -2.98. The second-order valence-corrected chi connectivity index (χ2v) is 11.6. The fourth-order valence-electron chi connectivity index (χ4n) is 3.95. The molecule has 126 valence electrons. The summed E-state index contributed by atoms with van der Waals surface area (Å²) >= 11 is 0. The van der Waals surface area contributed by atoms with Gasteiger partial charge >= 0.3 is 0 Å². The Balaban J connectivity index is 1.81. The zero-order chi connectivity index (χ0) is 17.7. The van der Waals surface area contributed by atoms with Gasteiger partial charge in [0.1, 0.15) is 8.07 Å². The number of nitrogens with zero attached hydrogens (tertiary/aromatic N) is 3. The number of hydrogen-bond acceptors (Lipinski definition) is 3. The third-order valence-corrected chi connectivity index (χ3v) is 8.85. The summed E-state index contributed by atoms with van der Waals surface area (Å²) in [5.74, 6) is 0.730. The molecule has 0 aliphatic carbocycles. The van der Waals surface area contributed by atoms with Crippen molar-refractivity contribution in [2.45, 2.75) is 13.1 Å². The van der Waals surface area contributed by atoms with Gasteiger partial charge in [0.15, 0.2) is 0 Å². The Morgan fingerprint density at radius 3 is 2.00 bits per heavy atom. The SMILES string of the molecule is C[Si]1(C)c2ccccc2N(c2ncc3ccccc3n2)c2ccccc21. The van der Waals surface area contributed by atoms with Crippen molar-refractivity contribution in [3.63, 3.8) is 0 Å². The monoisotopic (exact) mass is 353 g/mol. The Bertz CT molecular complexity index is 1090. The van der Waals surface area contributed by atoms with Crippen LogP contribution in [0.1, 0.15) is 0 Å². The average Bonchev–Trinajstić information content (AvgIpc) is 2.68. The predicted octanol–water partition coefficient (Wildman–Crippen LogP) is 4.24. The van der Waals surface area contributed by atoms with Gasteiger partial charge in [-0.25, -0.2) is 9.97 Å². The van der Waals surface area contributed by atoms with Gasteiger partial charge in [0, 0.05) is 23.0 Å². The highest BCUT2D eigenvalue weighted by Gasteiger charge is 2.38. The Kier molecular flexibility index (Phi) is 3.24. The topological polar surface area (TPSA) is 29.0 Å². The number of aromatic nitrogens is 2. The smallest absolute Gasteiger partial charge is 0.235 e. The molecule has 1 aliphatic heterocycles. The summed E-state index contributed by atoms with van der Waals surface area (Å²) in [6.45, 7) is 4.84. The average molecular weight is 354 g/mol. The van der Waals surface area contributed by atoms with Crippen molar-refractivity contribution in [1.29, 1.82) is 0 Å². The summed E-state index contributed by atoms with van der Waals surface area (Å²) in [4.78, 5) is 11.8. The van der Waals surface area contributed by atoms with Crippen molar-refractivity contribution in [1.82, 2.24) is 9.97 Å². The molecular weight excluding hydrogens is 334 g/mol. The predicted molar refractivity (Wildman–Crippen MR) is 111 cm³/mol. The first-order chi connectivity index (χ1) is 12.7. The van der Waals surface area contributed by atoms with Gasteiger partial charge in [-0.05, 0) is 28.6 Å². The molecular formula is C22H19N3Si. The highest BCUT2D eigenvalue weighted by molar-refractivity contribution is 7.02. The molecule has 0 spiro atoms. The second kappa shape index (κ2) is 5.51. The van der Waals surface area contributed by atoms with E-state index in [0.29, 0.717) is 0 Å². The van der Waals surface area contributed by atoms with Crippen LogP contribution < -0.4 is 15.3 Å². The molecule has 0 saturated carbocycles. The normalized spacial score (nSPS) is 14.8. The highest BCUT2D eigenvalue weighted by atomic mass is 28.3. The molecule has 0 unspecified atom stereocenters. The molecule has 0 saturated heterocycles. The van der Waals surface area contributed by atoms with Crippen LogP contribution in [-0.2, 0) is 0 Å². The van der Waals surface area contributed by atoms with E-state index in [-0.39, 0.29) is 0 Å². The van der Waals surface area contributed by atoms with E-state index in [2.05, 4.69) is 66.5 Å². The molecule has 26 heavy (non-hydrogen) atoms. The van der Waals surface area contributed by atoms with Gasteiger partial charge in [-0.3, -0.25) is 4.90 Å². The van der Waals surface area contributed by atoms with Crippen LogP contribution in [0.25, 0.3) is 10.9 Å². The van der Waals surface area contributed by atoms with Crippen molar-refractivity contribution in [2.75, 3.05) is 4.90 Å². The van der Waals surface area contributed by atoms with Crippen molar-refractivity contribution in [2.24, 2.45) is 0 Å². The summed E-state index contributed by atoms with van der Waals surface area (Å²) in [5.41, 5.74) is 3.38. The third kappa shape index (κ3) is 2.12. The minimum absolute atomic E-state index is 0.730. The van der Waals surface area contributed by atoms with E-state index in [1.165, 1.54) is 21.7 Å². The number of benzene rings is 3. The maximum absolute atomic E-state index is 4.87. The van der Waals surface area contributed by atoms with Gasteiger partial charge < -0.3 is 0 Å². The zero-order valence-corrected chi connectivity index (χ0v) is 15.8. The number of anilines is 3. The molecule has 3 nitrogen and oxygen atoms in total. The Morgan fingerprint density at radius 1 is 0.731 bits per heavy atom. The van der Waals surface area contributed by atoms with Crippen molar-refractivity contribution < 1.29 is 0 Å². The largest absolute Gasteiger partial charge is 0.279 e. The van der Waals surface area contributed by atoms with E-state index in [9.17, 15) is 0 Å². The lowest BCUT2D eigenvalue weighted by atomic mass is 10.2. The molecule has 1 aromatic heterocycles. The molecule has 3 aromatic carbocycles. The molecule has 0 N–H and O–H groups in total. The molecule has 5 rings (SSSR count). The van der Waals surface area contributed by atoms with Gasteiger partial charge in [-0.1, -0.05) is 67.7 Å². The Morgan fingerprint density at radius 2 is 1.31 bits per heavy atom. The first kappa shape index (κ1) is 15.3. The molecule has 0 fully saturated rings. The van der Waals surface area contributed by atoms with Crippen LogP contribution in [0.4, 0.5) is 17.3 Å². The maximum atomic E-state index is 4.87. The van der Waals surface area contributed by atoms with Crippen molar-refractivity contribution >= 4 is 46.7 Å². The van der Waals surface area contributed by atoms with E-state index in [0.717, 1.165) is 16.9 Å². The third-order valence-electron chi connectivity index (χ3n) is 5.31. The summed E-state index contributed by atoms with van der Waals surface area (Å²) < 4.78 is 0. The van der Waals surface area contributed by atoms with Crippen LogP contribution in [0.5, 0.6) is 0 Å². The minimum Gasteiger partial charge on any atom is -0.279 e. The molecule has 2 heterocycles. The van der Waals surface area contributed by atoms with E-state index < -0.39 is 8.07 Å². The minimum atomic E-state index is -1.76. The fraction of sp³-hybridized carbons (Fsp3) is 0.0909. The van der Waals surface area contributed by atoms with E-state index in [1.54, 1.807) is 0 Å². The van der Waals surface area contributed by atoms with Crippen molar-refractivity contribution in [3.8, 4) is 0 Å². The van der Waals surface area contributed by atoms with E-state index in [1.807, 2.05) is 30.5 Å². The van der Waals surface area contributed by atoms with Gasteiger partial charge in [-0.15, -0.1) is 0 Å². The molecule has 0 radical (unpaired) electrons. The van der Waals surface area contributed by atoms with E-state index in [4.69, 9.17) is 9.97 Å². The summed E-state index contributed by atoms with van der Waals surface area (Å²) in [6, 6.07) is 25.5. The lowest BCUT2D eigenvalue weighted by molar-refractivity contribution is 1.11. The number of rotatable bonds is 1. The summed E-state index contributed by atoms with van der Waals surface area (Å²) in [5, 5.41) is 3.91. The number of para-hydroxylation sites is 3. The van der Waals surface area contributed by atoms with Gasteiger partial charge in [0.25, 0.3) is 0 Å².